The van der Waals surface area contributed by atoms with Crippen LogP contribution in [0.1, 0.15) is 36.6 Å². The van der Waals surface area contributed by atoms with Crippen LogP contribution in [0, 0.1) is 13.8 Å². The minimum Gasteiger partial charge on any atom is -0.312 e. The van der Waals surface area contributed by atoms with Gasteiger partial charge in [0, 0.05) is 37.8 Å². The summed E-state index contributed by atoms with van der Waals surface area (Å²) >= 11 is 0. The van der Waals surface area contributed by atoms with E-state index in [1.807, 2.05) is 0 Å². The second-order valence-corrected chi connectivity index (χ2v) is 6.77. The largest absolute Gasteiger partial charge is 0.312 e. The number of hydrogen-bond acceptors (Lipinski definition) is 3. The number of piperazine rings is 1. The lowest BCUT2D eigenvalue weighted by atomic mass is 9.99. The highest BCUT2D eigenvalue weighted by Gasteiger charge is 2.27. The number of benzene rings is 1. The van der Waals surface area contributed by atoms with Crippen LogP contribution in [0.4, 0.5) is 0 Å². The van der Waals surface area contributed by atoms with Crippen molar-refractivity contribution in [2.75, 3.05) is 33.7 Å². The van der Waals surface area contributed by atoms with Crippen molar-refractivity contribution < 1.29 is 0 Å². The summed E-state index contributed by atoms with van der Waals surface area (Å²) in [6, 6.07) is 8.51. The SMILES string of the molecule is CNC(CN1CC(C)N(C)C(C)C1)c1ccc(C)c(C)c1. The lowest BCUT2D eigenvalue weighted by Gasteiger charge is -2.43. The fraction of sp³-hybridized carbons (Fsp3) is 0.667. The first-order chi connectivity index (χ1) is 9.92. The van der Waals surface area contributed by atoms with E-state index in [4.69, 9.17) is 0 Å². The fourth-order valence-electron chi connectivity index (χ4n) is 3.27. The molecule has 1 N–H and O–H groups in total. The van der Waals surface area contributed by atoms with E-state index in [-0.39, 0.29) is 0 Å². The summed E-state index contributed by atoms with van der Waals surface area (Å²) in [4.78, 5) is 5.09. The Balaban J connectivity index is 2.07. The Morgan fingerprint density at radius 1 is 1.14 bits per heavy atom. The Morgan fingerprint density at radius 2 is 1.76 bits per heavy atom. The van der Waals surface area contributed by atoms with Crippen LogP contribution in [-0.2, 0) is 0 Å². The Labute approximate surface area is 130 Å². The molecule has 0 amide bonds. The molecule has 1 saturated heterocycles. The van der Waals surface area contributed by atoms with Gasteiger partial charge >= 0.3 is 0 Å². The van der Waals surface area contributed by atoms with E-state index in [2.05, 4.69) is 75.1 Å². The van der Waals surface area contributed by atoms with Crippen LogP contribution in [0.2, 0.25) is 0 Å². The first-order valence-electron chi connectivity index (χ1n) is 8.11. The number of nitrogens with one attached hydrogen (secondary N) is 1. The molecule has 0 aromatic heterocycles. The van der Waals surface area contributed by atoms with Crippen LogP contribution in [0.3, 0.4) is 0 Å². The minimum atomic E-state index is 0.409. The van der Waals surface area contributed by atoms with E-state index in [0.717, 1.165) is 19.6 Å². The van der Waals surface area contributed by atoms with Crippen LogP contribution < -0.4 is 5.32 Å². The molecule has 118 valence electrons. The van der Waals surface area contributed by atoms with Crippen molar-refractivity contribution in [1.82, 2.24) is 15.1 Å². The van der Waals surface area contributed by atoms with Gasteiger partial charge in [0.25, 0.3) is 0 Å². The molecule has 0 saturated carbocycles. The molecule has 0 aliphatic carbocycles. The number of hydrogen-bond donors (Lipinski definition) is 1. The first-order valence-corrected chi connectivity index (χ1v) is 8.11. The smallest absolute Gasteiger partial charge is 0.0447 e. The molecule has 21 heavy (non-hydrogen) atoms. The normalized spacial score (nSPS) is 26.0. The van der Waals surface area contributed by atoms with Gasteiger partial charge in [0.2, 0.25) is 0 Å². The van der Waals surface area contributed by atoms with E-state index in [9.17, 15) is 0 Å². The van der Waals surface area contributed by atoms with Crippen molar-refractivity contribution in [2.45, 2.75) is 45.8 Å². The average molecular weight is 289 g/mol. The summed E-state index contributed by atoms with van der Waals surface area (Å²) in [6.45, 7) is 12.4. The highest BCUT2D eigenvalue weighted by Crippen LogP contribution is 2.21. The number of rotatable bonds is 4. The van der Waals surface area contributed by atoms with Crippen molar-refractivity contribution >= 4 is 0 Å². The quantitative estimate of drug-likeness (QED) is 0.919. The molecule has 1 aliphatic heterocycles. The molecule has 1 heterocycles. The molecule has 1 aromatic carbocycles. The summed E-state index contributed by atoms with van der Waals surface area (Å²) in [6.07, 6.45) is 0. The summed E-state index contributed by atoms with van der Waals surface area (Å²) in [5.74, 6) is 0. The summed E-state index contributed by atoms with van der Waals surface area (Å²) in [5.41, 5.74) is 4.16. The maximum atomic E-state index is 3.50. The lowest BCUT2D eigenvalue weighted by molar-refractivity contribution is 0.0547. The molecule has 2 rings (SSSR count). The van der Waals surface area contributed by atoms with Gasteiger partial charge in [0.1, 0.15) is 0 Å². The van der Waals surface area contributed by atoms with Gasteiger partial charge in [0.05, 0.1) is 0 Å². The van der Waals surface area contributed by atoms with Crippen molar-refractivity contribution in [3.63, 3.8) is 0 Å². The third kappa shape index (κ3) is 3.85. The Bertz CT molecular complexity index is 460. The van der Waals surface area contributed by atoms with Gasteiger partial charge < -0.3 is 5.32 Å². The summed E-state index contributed by atoms with van der Waals surface area (Å²) in [5, 5.41) is 3.50. The van der Waals surface area contributed by atoms with Gasteiger partial charge in [-0.05, 0) is 58.5 Å². The van der Waals surface area contributed by atoms with Crippen LogP contribution in [0.15, 0.2) is 18.2 Å². The van der Waals surface area contributed by atoms with Crippen LogP contribution in [0.5, 0.6) is 0 Å². The van der Waals surface area contributed by atoms with E-state index < -0.39 is 0 Å². The summed E-state index contributed by atoms with van der Waals surface area (Å²) in [7, 11) is 4.31. The zero-order valence-corrected chi connectivity index (χ0v) is 14.5. The number of likely N-dealkylation sites (N-methyl/N-ethyl adjacent to an activating group) is 2. The van der Waals surface area contributed by atoms with Gasteiger partial charge in [-0.25, -0.2) is 0 Å². The third-order valence-corrected chi connectivity index (χ3v) is 5.16. The molecular weight excluding hydrogens is 258 g/mol. The lowest BCUT2D eigenvalue weighted by Crippen LogP contribution is -2.56. The van der Waals surface area contributed by atoms with Gasteiger partial charge in [-0.1, -0.05) is 18.2 Å². The molecule has 3 nitrogen and oxygen atoms in total. The molecule has 1 fully saturated rings. The van der Waals surface area contributed by atoms with E-state index in [0.29, 0.717) is 18.1 Å². The number of nitrogens with zero attached hydrogens (tertiary/aromatic N) is 2. The van der Waals surface area contributed by atoms with Crippen molar-refractivity contribution in [2.24, 2.45) is 0 Å². The predicted molar refractivity (Wildman–Crippen MR) is 90.8 cm³/mol. The van der Waals surface area contributed by atoms with Crippen LogP contribution in [0.25, 0.3) is 0 Å². The monoisotopic (exact) mass is 289 g/mol. The number of aryl methyl sites for hydroxylation is 2. The minimum absolute atomic E-state index is 0.409. The molecule has 3 unspecified atom stereocenters. The molecule has 3 heteroatoms. The standard InChI is InChI=1S/C18H31N3/c1-13-7-8-17(9-14(13)2)18(19-5)12-21-10-15(3)20(6)16(4)11-21/h7-9,15-16,18-19H,10-12H2,1-6H3. The maximum absolute atomic E-state index is 3.50. The van der Waals surface area contributed by atoms with Crippen molar-refractivity contribution in [3.8, 4) is 0 Å². The van der Waals surface area contributed by atoms with E-state index in [1.165, 1.54) is 16.7 Å². The maximum Gasteiger partial charge on any atom is 0.0447 e. The van der Waals surface area contributed by atoms with Gasteiger partial charge in [-0.15, -0.1) is 0 Å². The molecule has 3 atom stereocenters. The molecule has 0 bridgehead atoms. The zero-order chi connectivity index (χ0) is 15.6. The Kier molecular flexibility index (Phi) is 5.42. The van der Waals surface area contributed by atoms with Gasteiger partial charge in [-0.2, -0.15) is 0 Å². The summed E-state index contributed by atoms with van der Waals surface area (Å²) < 4.78 is 0. The van der Waals surface area contributed by atoms with Crippen LogP contribution >= 0.6 is 0 Å². The topological polar surface area (TPSA) is 18.5 Å². The molecular formula is C18H31N3. The Morgan fingerprint density at radius 3 is 2.29 bits per heavy atom. The highest BCUT2D eigenvalue weighted by molar-refractivity contribution is 5.31. The second-order valence-electron chi connectivity index (χ2n) is 6.77. The van der Waals surface area contributed by atoms with Crippen molar-refractivity contribution in [1.29, 1.82) is 0 Å². The zero-order valence-electron chi connectivity index (χ0n) is 14.5. The second kappa shape index (κ2) is 6.91. The van der Waals surface area contributed by atoms with Crippen molar-refractivity contribution in [3.05, 3.63) is 34.9 Å². The van der Waals surface area contributed by atoms with E-state index in [1.54, 1.807) is 0 Å². The average Bonchev–Trinajstić information content (AvgIpc) is 2.45. The van der Waals surface area contributed by atoms with Gasteiger partial charge in [0.15, 0.2) is 0 Å². The molecule has 1 aromatic rings. The fourth-order valence-corrected chi connectivity index (χ4v) is 3.27. The van der Waals surface area contributed by atoms with Crippen LogP contribution in [-0.4, -0.2) is 55.6 Å². The Hall–Kier alpha value is -0.900. The van der Waals surface area contributed by atoms with Gasteiger partial charge in [-0.3, -0.25) is 9.80 Å². The highest BCUT2D eigenvalue weighted by atomic mass is 15.3. The molecule has 0 spiro atoms. The predicted octanol–water partition coefficient (Wildman–Crippen LogP) is 2.59. The molecule has 0 radical (unpaired) electrons. The van der Waals surface area contributed by atoms with E-state index >= 15 is 0 Å². The first kappa shape index (κ1) is 16.5. The molecule has 1 aliphatic rings. The third-order valence-electron chi connectivity index (χ3n) is 5.16.